The molecule has 0 atom stereocenters. The third-order valence-corrected chi connectivity index (χ3v) is 3.07. The van der Waals surface area contributed by atoms with Crippen molar-refractivity contribution >= 4 is 27.6 Å². The molecule has 0 amide bonds. The van der Waals surface area contributed by atoms with Gasteiger partial charge in [0.15, 0.2) is 5.65 Å². The van der Waals surface area contributed by atoms with Crippen LogP contribution in [0.2, 0.25) is 0 Å². The molecule has 4 heteroatoms. The molecule has 0 spiro atoms. The summed E-state index contributed by atoms with van der Waals surface area (Å²) in [7, 11) is 0. The van der Waals surface area contributed by atoms with Crippen molar-refractivity contribution in [3.05, 3.63) is 41.3 Å². The first-order chi connectivity index (χ1) is 8.56. The maximum atomic E-state index is 13.3. The Bertz CT molecular complexity index is 781. The fourth-order valence-corrected chi connectivity index (χ4v) is 2.30. The van der Waals surface area contributed by atoms with Crippen LogP contribution < -0.4 is 5.73 Å². The molecular weight excluding hydrogens is 229 g/mol. The first kappa shape index (κ1) is 10.9. The van der Waals surface area contributed by atoms with Crippen LogP contribution in [-0.2, 0) is 0 Å². The second-order valence-electron chi connectivity index (χ2n) is 4.47. The molecule has 2 aromatic heterocycles. The van der Waals surface area contributed by atoms with Crippen LogP contribution in [0.15, 0.2) is 24.3 Å². The summed E-state index contributed by atoms with van der Waals surface area (Å²) in [6.07, 6.45) is 0. The molecule has 0 aliphatic carbocycles. The summed E-state index contributed by atoms with van der Waals surface area (Å²) in [6, 6.07) is 6.37. The minimum Gasteiger partial charge on any atom is -0.398 e. The molecule has 90 valence electrons. The summed E-state index contributed by atoms with van der Waals surface area (Å²) in [5.74, 6) is -0.312. The average molecular weight is 241 g/mol. The number of aromatic nitrogens is 2. The number of nitrogens with two attached hydrogens (primary N) is 1. The number of rotatable bonds is 0. The molecule has 0 saturated heterocycles. The monoisotopic (exact) mass is 241 g/mol. The molecule has 0 aliphatic heterocycles. The maximum absolute atomic E-state index is 13.3. The van der Waals surface area contributed by atoms with Crippen molar-refractivity contribution in [3.63, 3.8) is 0 Å². The molecule has 1 aromatic carbocycles. The molecule has 3 aromatic rings. The van der Waals surface area contributed by atoms with Gasteiger partial charge in [0.25, 0.3) is 0 Å². The minimum absolute atomic E-state index is 0.312. The zero-order valence-electron chi connectivity index (χ0n) is 10.2. The van der Waals surface area contributed by atoms with Gasteiger partial charge < -0.3 is 5.73 Å². The van der Waals surface area contributed by atoms with Crippen molar-refractivity contribution < 1.29 is 4.39 Å². The molecule has 0 radical (unpaired) electrons. The Kier molecular flexibility index (Phi) is 2.20. The number of hydrogen-bond acceptors (Lipinski definition) is 3. The van der Waals surface area contributed by atoms with Crippen LogP contribution in [-0.4, -0.2) is 9.97 Å². The summed E-state index contributed by atoms with van der Waals surface area (Å²) < 4.78 is 13.3. The molecule has 0 bridgehead atoms. The van der Waals surface area contributed by atoms with E-state index in [1.54, 1.807) is 6.07 Å². The Morgan fingerprint density at radius 1 is 1.11 bits per heavy atom. The lowest BCUT2D eigenvalue weighted by molar-refractivity contribution is 0.629. The van der Waals surface area contributed by atoms with E-state index in [9.17, 15) is 4.39 Å². The molecule has 3 nitrogen and oxygen atoms in total. The van der Waals surface area contributed by atoms with Crippen LogP contribution in [0.4, 0.5) is 10.1 Å². The number of nitrogen functional groups attached to an aromatic ring is 1. The van der Waals surface area contributed by atoms with Gasteiger partial charge in [0.2, 0.25) is 0 Å². The number of pyridine rings is 2. The van der Waals surface area contributed by atoms with E-state index < -0.39 is 0 Å². The first-order valence-corrected chi connectivity index (χ1v) is 5.69. The van der Waals surface area contributed by atoms with Crippen LogP contribution in [0, 0.1) is 19.7 Å². The van der Waals surface area contributed by atoms with Crippen molar-refractivity contribution in [2.75, 3.05) is 5.73 Å². The van der Waals surface area contributed by atoms with Gasteiger partial charge >= 0.3 is 0 Å². The van der Waals surface area contributed by atoms with E-state index in [0.717, 1.165) is 16.6 Å². The predicted molar refractivity (Wildman–Crippen MR) is 70.9 cm³/mol. The predicted octanol–water partition coefficient (Wildman–Crippen LogP) is 3.12. The van der Waals surface area contributed by atoms with Crippen LogP contribution >= 0.6 is 0 Å². The number of anilines is 1. The zero-order chi connectivity index (χ0) is 12.9. The zero-order valence-corrected chi connectivity index (χ0v) is 10.2. The molecule has 0 unspecified atom stereocenters. The van der Waals surface area contributed by atoms with E-state index in [4.69, 9.17) is 5.73 Å². The van der Waals surface area contributed by atoms with E-state index in [1.807, 2.05) is 19.9 Å². The standard InChI is InChI=1S/C14H12FN3/c1-7-5-8(2)17-14-12(7)13(16)10-6-9(15)3-4-11(10)18-14/h3-6H,1-2H3,(H2,16,17,18). The second kappa shape index (κ2) is 3.63. The van der Waals surface area contributed by atoms with Gasteiger partial charge in [0.05, 0.1) is 11.2 Å². The van der Waals surface area contributed by atoms with Crippen LogP contribution in [0.3, 0.4) is 0 Å². The summed E-state index contributed by atoms with van der Waals surface area (Å²) in [5, 5.41) is 1.44. The van der Waals surface area contributed by atoms with Gasteiger partial charge in [-0.2, -0.15) is 0 Å². The quantitative estimate of drug-likeness (QED) is 0.615. The van der Waals surface area contributed by atoms with Crippen LogP contribution in [0.25, 0.3) is 21.9 Å². The highest BCUT2D eigenvalue weighted by Crippen LogP contribution is 2.30. The normalized spacial score (nSPS) is 11.3. The molecule has 0 saturated carbocycles. The lowest BCUT2D eigenvalue weighted by atomic mass is 10.1. The highest BCUT2D eigenvalue weighted by Gasteiger charge is 2.10. The lowest BCUT2D eigenvalue weighted by Crippen LogP contribution is -1.98. The topological polar surface area (TPSA) is 51.8 Å². The second-order valence-corrected chi connectivity index (χ2v) is 4.47. The van der Waals surface area contributed by atoms with Crippen molar-refractivity contribution in [1.82, 2.24) is 9.97 Å². The van der Waals surface area contributed by atoms with Gasteiger partial charge in [-0.05, 0) is 43.7 Å². The number of benzene rings is 1. The molecule has 3 rings (SSSR count). The van der Waals surface area contributed by atoms with Crippen molar-refractivity contribution in [1.29, 1.82) is 0 Å². The summed E-state index contributed by atoms with van der Waals surface area (Å²) in [4.78, 5) is 8.83. The van der Waals surface area contributed by atoms with E-state index >= 15 is 0 Å². The summed E-state index contributed by atoms with van der Waals surface area (Å²) in [5.41, 5.74) is 9.85. The van der Waals surface area contributed by atoms with Gasteiger partial charge in [-0.15, -0.1) is 0 Å². The Hall–Kier alpha value is -2.23. The van der Waals surface area contributed by atoms with Crippen molar-refractivity contribution in [2.24, 2.45) is 0 Å². The fraction of sp³-hybridized carbons (Fsp3) is 0.143. The SMILES string of the molecule is Cc1cc(C)c2c(N)c3cc(F)ccc3nc2n1. The van der Waals surface area contributed by atoms with E-state index in [1.165, 1.54) is 12.1 Å². The molecule has 18 heavy (non-hydrogen) atoms. The number of nitrogens with zero attached hydrogens (tertiary/aromatic N) is 2. The Labute approximate surface area is 103 Å². The number of aryl methyl sites for hydroxylation is 2. The molecular formula is C14H12FN3. The Morgan fingerprint density at radius 2 is 1.89 bits per heavy atom. The van der Waals surface area contributed by atoms with Gasteiger partial charge in [-0.1, -0.05) is 0 Å². The molecule has 2 N–H and O–H groups in total. The van der Waals surface area contributed by atoms with E-state index in [2.05, 4.69) is 9.97 Å². The highest BCUT2D eigenvalue weighted by molar-refractivity contribution is 6.06. The third-order valence-electron chi connectivity index (χ3n) is 3.07. The van der Waals surface area contributed by atoms with Crippen LogP contribution in [0.1, 0.15) is 11.3 Å². The number of fused-ring (bicyclic) bond motifs is 2. The summed E-state index contributed by atoms with van der Waals surface area (Å²) >= 11 is 0. The number of hydrogen-bond donors (Lipinski definition) is 1. The van der Waals surface area contributed by atoms with Gasteiger partial charge in [0.1, 0.15) is 5.82 Å². The molecule has 0 fully saturated rings. The van der Waals surface area contributed by atoms with Gasteiger partial charge in [0, 0.05) is 16.5 Å². The maximum Gasteiger partial charge on any atom is 0.162 e. The average Bonchev–Trinajstić information content (AvgIpc) is 2.29. The number of halogens is 1. The minimum atomic E-state index is -0.312. The summed E-state index contributed by atoms with van der Waals surface area (Å²) in [6.45, 7) is 3.87. The lowest BCUT2D eigenvalue weighted by Gasteiger charge is -2.09. The van der Waals surface area contributed by atoms with Gasteiger partial charge in [-0.3, -0.25) is 0 Å². The van der Waals surface area contributed by atoms with Crippen molar-refractivity contribution in [3.8, 4) is 0 Å². The third kappa shape index (κ3) is 1.49. The largest absolute Gasteiger partial charge is 0.398 e. The van der Waals surface area contributed by atoms with Crippen LogP contribution in [0.5, 0.6) is 0 Å². The van der Waals surface area contributed by atoms with E-state index in [0.29, 0.717) is 22.2 Å². The smallest absolute Gasteiger partial charge is 0.162 e. The first-order valence-electron chi connectivity index (χ1n) is 5.69. The Morgan fingerprint density at radius 3 is 2.67 bits per heavy atom. The van der Waals surface area contributed by atoms with Crippen molar-refractivity contribution in [2.45, 2.75) is 13.8 Å². The Balaban J connectivity index is 2.56. The molecule has 0 aliphatic rings. The highest BCUT2D eigenvalue weighted by atomic mass is 19.1. The van der Waals surface area contributed by atoms with E-state index in [-0.39, 0.29) is 5.82 Å². The fourth-order valence-electron chi connectivity index (χ4n) is 2.30. The molecule has 2 heterocycles. The van der Waals surface area contributed by atoms with Gasteiger partial charge in [-0.25, -0.2) is 14.4 Å².